The first-order valence-corrected chi connectivity index (χ1v) is 9.75. The number of rotatable bonds is 9. The molecule has 152 valence electrons. The minimum absolute atomic E-state index is 0.160. The van der Waals surface area contributed by atoms with E-state index in [9.17, 15) is 9.90 Å². The molecule has 0 atom stereocenters. The quantitative estimate of drug-likeness (QED) is 0.425. The van der Waals surface area contributed by atoms with Crippen LogP contribution in [-0.2, 0) is 16.0 Å². The highest BCUT2D eigenvalue weighted by Gasteiger charge is 2.16. The molecule has 30 heavy (non-hydrogen) atoms. The van der Waals surface area contributed by atoms with Crippen LogP contribution >= 0.6 is 0 Å². The lowest BCUT2D eigenvalue weighted by Gasteiger charge is -2.19. The first-order valence-electron chi connectivity index (χ1n) is 9.75. The van der Waals surface area contributed by atoms with Gasteiger partial charge in [-0.05, 0) is 23.6 Å². The van der Waals surface area contributed by atoms with Gasteiger partial charge < -0.3 is 23.8 Å². The van der Waals surface area contributed by atoms with Gasteiger partial charge in [-0.2, -0.15) is 0 Å². The second-order valence-electron chi connectivity index (χ2n) is 6.88. The van der Waals surface area contributed by atoms with Gasteiger partial charge in [-0.3, -0.25) is 0 Å². The van der Waals surface area contributed by atoms with Crippen LogP contribution in [0.5, 0.6) is 5.75 Å². The number of hydrogen-bond acceptors (Lipinski definition) is 5. The van der Waals surface area contributed by atoms with Crippen LogP contribution in [0, 0.1) is 0 Å². The molecular weight excluding hydrogens is 380 g/mol. The Morgan fingerprint density at radius 2 is 1.57 bits per heavy atom. The second kappa shape index (κ2) is 9.29. The van der Waals surface area contributed by atoms with Gasteiger partial charge in [0.25, 0.3) is 0 Å². The Morgan fingerprint density at radius 3 is 2.20 bits per heavy atom. The third-order valence-corrected chi connectivity index (χ3v) is 4.85. The summed E-state index contributed by atoms with van der Waals surface area (Å²) in [5, 5.41) is 11.5. The van der Waals surface area contributed by atoms with Gasteiger partial charge in [0, 0.05) is 10.9 Å². The van der Waals surface area contributed by atoms with Gasteiger partial charge in [0.05, 0.1) is 18.8 Å². The monoisotopic (exact) mass is 401 g/mol. The van der Waals surface area contributed by atoms with Gasteiger partial charge in [0.2, 0.25) is 0 Å². The fourth-order valence-corrected chi connectivity index (χ4v) is 3.46. The van der Waals surface area contributed by atoms with Crippen molar-refractivity contribution >= 4 is 16.9 Å². The molecular formula is C25H21O5-. The van der Waals surface area contributed by atoms with Crippen LogP contribution in [0.3, 0.4) is 0 Å². The highest BCUT2D eigenvalue weighted by Crippen LogP contribution is 2.31. The topological polar surface area (TPSA) is 71.7 Å². The number of para-hydroxylation sites is 1. The molecule has 0 aliphatic carbocycles. The minimum Gasteiger partial charge on any atom is -0.546 e. The maximum Gasteiger partial charge on any atom is 0.175 e. The summed E-state index contributed by atoms with van der Waals surface area (Å²) in [4.78, 5) is 10.7. The summed E-state index contributed by atoms with van der Waals surface area (Å²) >= 11 is 0. The molecule has 0 unspecified atom stereocenters. The third-order valence-electron chi connectivity index (χ3n) is 4.85. The van der Waals surface area contributed by atoms with Crippen LogP contribution in [0.15, 0.2) is 89.5 Å². The first-order chi connectivity index (χ1) is 14.7. The second-order valence-corrected chi connectivity index (χ2v) is 6.88. The van der Waals surface area contributed by atoms with E-state index in [0.29, 0.717) is 24.4 Å². The number of fused-ring (bicyclic) bond motifs is 1. The van der Waals surface area contributed by atoms with Crippen LogP contribution in [0.1, 0.15) is 22.8 Å². The highest BCUT2D eigenvalue weighted by atomic mass is 16.5. The van der Waals surface area contributed by atoms with Crippen molar-refractivity contribution in [3.63, 3.8) is 0 Å². The number of aliphatic carboxylic acids is 1. The van der Waals surface area contributed by atoms with Gasteiger partial charge in [-0.1, -0.05) is 72.8 Å². The van der Waals surface area contributed by atoms with Gasteiger partial charge in [0.15, 0.2) is 11.3 Å². The number of benzene rings is 3. The maximum atomic E-state index is 10.7. The Bertz CT molecular complexity index is 1060. The lowest BCUT2D eigenvalue weighted by atomic mass is 10.0. The summed E-state index contributed by atoms with van der Waals surface area (Å²) < 4.78 is 17.2. The lowest BCUT2D eigenvalue weighted by Crippen LogP contribution is -2.28. The SMILES string of the molecule is O=C([O-])COc1cccc2c(CCOC(c3ccccc3)c3ccccc3)coc12. The van der Waals surface area contributed by atoms with Crippen LogP contribution in [0.4, 0.5) is 0 Å². The number of carbonyl (C=O) groups excluding carboxylic acids is 1. The summed E-state index contributed by atoms with van der Waals surface area (Å²) in [6.07, 6.45) is 2.15. The molecule has 5 nitrogen and oxygen atoms in total. The number of ether oxygens (including phenoxy) is 2. The standard InChI is InChI=1S/C25H22O5/c26-23(27)17-29-22-13-7-12-21-20(16-30-25(21)22)14-15-28-24(18-8-3-1-4-9-18)19-10-5-2-6-11-19/h1-13,16,24H,14-15,17H2,(H,26,27)/p-1. The average Bonchev–Trinajstić information content (AvgIpc) is 3.20. The Balaban J connectivity index is 1.49. The summed E-state index contributed by atoms with van der Waals surface area (Å²) in [5.41, 5.74) is 3.69. The predicted octanol–water partition coefficient (Wildman–Crippen LogP) is 3.91. The van der Waals surface area contributed by atoms with Crippen LogP contribution in [0.25, 0.3) is 11.0 Å². The van der Waals surface area contributed by atoms with Gasteiger partial charge in [0.1, 0.15) is 12.7 Å². The van der Waals surface area contributed by atoms with E-state index in [-0.39, 0.29) is 6.10 Å². The molecule has 0 aliphatic heterocycles. The molecule has 3 aromatic carbocycles. The van der Waals surface area contributed by atoms with E-state index in [0.717, 1.165) is 22.1 Å². The van der Waals surface area contributed by atoms with E-state index in [1.807, 2.05) is 48.5 Å². The molecule has 4 rings (SSSR count). The fraction of sp³-hybridized carbons (Fsp3) is 0.160. The summed E-state index contributed by atoms with van der Waals surface area (Å²) in [6, 6.07) is 25.7. The maximum absolute atomic E-state index is 10.7. The lowest BCUT2D eigenvalue weighted by molar-refractivity contribution is -0.307. The Kier molecular flexibility index (Phi) is 6.11. The first kappa shape index (κ1) is 19.7. The summed E-state index contributed by atoms with van der Waals surface area (Å²) in [7, 11) is 0. The zero-order valence-corrected chi connectivity index (χ0v) is 16.3. The van der Waals surface area contributed by atoms with Crippen molar-refractivity contribution in [3.05, 3.63) is 102 Å². The number of hydrogen-bond donors (Lipinski definition) is 0. The van der Waals surface area contributed by atoms with E-state index in [1.54, 1.807) is 12.3 Å². The van der Waals surface area contributed by atoms with Crippen molar-refractivity contribution < 1.29 is 23.8 Å². The smallest absolute Gasteiger partial charge is 0.175 e. The van der Waals surface area contributed by atoms with E-state index in [2.05, 4.69) is 24.3 Å². The van der Waals surface area contributed by atoms with Crippen LogP contribution in [-0.4, -0.2) is 19.2 Å². The molecule has 0 aliphatic rings. The van der Waals surface area contributed by atoms with Gasteiger partial charge in [-0.15, -0.1) is 0 Å². The zero-order valence-electron chi connectivity index (χ0n) is 16.3. The van der Waals surface area contributed by atoms with E-state index < -0.39 is 12.6 Å². The largest absolute Gasteiger partial charge is 0.546 e. The van der Waals surface area contributed by atoms with Crippen LogP contribution in [0.2, 0.25) is 0 Å². The Labute approximate surface area is 174 Å². The number of carboxylic acids is 1. The van der Waals surface area contributed by atoms with Crippen molar-refractivity contribution in [1.82, 2.24) is 0 Å². The van der Waals surface area contributed by atoms with Crippen molar-refractivity contribution in [3.8, 4) is 5.75 Å². The third kappa shape index (κ3) is 4.53. The molecule has 1 heterocycles. The molecule has 0 bridgehead atoms. The van der Waals surface area contributed by atoms with Crippen molar-refractivity contribution in [1.29, 1.82) is 0 Å². The predicted molar refractivity (Wildman–Crippen MR) is 111 cm³/mol. The Morgan fingerprint density at radius 1 is 0.900 bits per heavy atom. The van der Waals surface area contributed by atoms with Gasteiger partial charge >= 0.3 is 0 Å². The van der Waals surface area contributed by atoms with E-state index in [4.69, 9.17) is 13.9 Å². The van der Waals surface area contributed by atoms with Crippen molar-refractivity contribution in [2.75, 3.05) is 13.2 Å². The molecule has 0 fully saturated rings. The molecule has 0 spiro atoms. The average molecular weight is 401 g/mol. The molecule has 1 aromatic heterocycles. The van der Waals surface area contributed by atoms with E-state index in [1.165, 1.54) is 0 Å². The summed E-state index contributed by atoms with van der Waals surface area (Å²) in [6.45, 7) is -0.0265. The molecule has 4 aromatic rings. The molecule has 0 saturated heterocycles. The zero-order chi connectivity index (χ0) is 20.8. The molecule has 0 N–H and O–H groups in total. The number of carboxylic acid groups (broad SMARTS) is 1. The molecule has 5 heteroatoms. The normalized spacial score (nSPS) is 11.1. The van der Waals surface area contributed by atoms with E-state index >= 15 is 0 Å². The minimum atomic E-state index is -1.28. The van der Waals surface area contributed by atoms with Crippen molar-refractivity contribution in [2.45, 2.75) is 12.5 Å². The fourth-order valence-electron chi connectivity index (χ4n) is 3.46. The molecule has 0 saturated carbocycles. The molecule has 0 radical (unpaired) electrons. The Hall–Kier alpha value is -3.57. The van der Waals surface area contributed by atoms with Gasteiger partial charge in [-0.25, -0.2) is 0 Å². The van der Waals surface area contributed by atoms with Crippen molar-refractivity contribution in [2.24, 2.45) is 0 Å². The number of furan rings is 1. The number of carbonyl (C=O) groups is 1. The highest BCUT2D eigenvalue weighted by molar-refractivity contribution is 5.86. The summed E-state index contributed by atoms with van der Waals surface area (Å²) in [5.74, 6) is -0.893. The van der Waals surface area contributed by atoms with Crippen LogP contribution < -0.4 is 9.84 Å². The molecule has 0 amide bonds.